The number of hydrogen-bond donors (Lipinski definition) is 1. The first-order chi connectivity index (χ1) is 9.63. The smallest absolute Gasteiger partial charge is 0.0120 e. The van der Waals surface area contributed by atoms with Gasteiger partial charge in [0, 0.05) is 6.04 Å². The van der Waals surface area contributed by atoms with Gasteiger partial charge >= 0.3 is 0 Å². The van der Waals surface area contributed by atoms with Crippen LogP contribution < -0.4 is 5.73 Å². The summed E-state index contributed by atoms with van der Waals surface area (Å²) in [6.45, 7) is 4.59. The van der Waals surface area contributed by atoms with Gasteiger partial charge in [0.05, 0.1) is 0 Å². The van der Waals surface area contributed by atoms with Gasteiger partial charge in [0.15, 0.2) is 0 Å². The van der Waals surface area contributed by atoms with Gasteiger partial charge in [-0.05, 0) is 85.3 Å². The van der Waals surface area contributed by atoms with E-state index >= 15 is 0 Å². The average molecular weight is 265 g/mol. The predicted molar refractivity (Wildman–Crippen MR) is 84.7 cm³/mol. The van der Waals surface area contributed by atoms with Gasteiger partial charge in [-0.15, -0.1) is 0 Å². The number of nitrogens with two attached hydrogens (primary N) is 1. The van der Waals surface area contributed by atoms with Crippen molar-refractivity contribution in [2.45, 2.75) is 52.0 Å². The fourth-order valence-electron chi connectivity index (χ4n) is 3.96. The first-order valence-corrected chi connectivity index (χ1v) is 7.92. The predicted octanol–water partition coefficient (Wildman–Crippen LogP) is 3.72. The molecule has 1 heteroatoms. The molecule has 1 aromatic carbocycles. The van der Waals surface area contributed by atoms with Crippen LogP contribution in [0.2, 0.25) is 0 Å². The lowest BCUT2D eigenvalue weighted by molar-refractivity contribution is 0.720. The van der Waals surface area contributed by atoms with Crippen molar-refractivity contribution in [3.05, 3.63) is 51.1 Å². The zero-order valence-electron chi connectivity index (χ0n) is 12.5. The molecule has 2 N–H and O–H groups in total. The second-order valence-corrected chi connectivity index (χ2v) is 6.85. The number of rotatable bonds is 1. The SMILES string of the molecule is CC1=CCc2cc3c(c(C)c2C=C1C1CC1)C[C@H](N)C3. The van der Waals surface area contributed by atoms with Crippen molar-refractivity contribution >= 4 is 6.08 Å². The molecule has 1 aromatic rings. The molecule has 0 unspecified atom stereocenters. The third-order valence-corrected chi connectivity index (χ3v) is 5.29. The van der Waals surface area contributed by atoms with Gasteiger partial charge in [0.25, 0.3) is 0 Å². The largest absolute Gasteiger partial charge is 0.327 e. The fraction of sp³-hybridized carbons (Fsp3) is 0.474. The summed E-state index contributed by atoms with van der Waals surface area (Å²) in [4.78, 5) is 0. The third-order valence-electron chi connectivity index (χ3n) is 5.29. The number of allylic oxidation sites excluding steroid dienone is 3. The molecule has 1 fully saturated rings. The van der Waals surface area contributed by atoms with Crippen LogP contribution in [0.1, 0.15) is 47.6 Å². The Morgan fingerprint density at radius 3 is 2.65 bits per heavy atom. The molecule has 0 saturated heterocycles. The quantitative estimate of drug-likeness (QED) is 0.823. The van der Waals surface area contributed by atoms with Gasteiger partial charge in [-0.1, -0.05) is 23.8 Å². The van der Waals surface area contributed by atoms with Crippen molar-refractivity contribution in [3.8, 4) is 0 Å². The molecule has 1 nitrogen and oxygen atoms in total. The zero-order valence-corrected chi connectivity index (χ0v) is 12.5. The lowest BCUT2D eigenvalue weighted by Gasteiger charge is -2.13. The summed E-state index contributed by atoms with van der Waals surface area (Å²) in [6.07, 6.45) is 10.9. The lowest BCUT2D eigenvalue weighted by atomic mass is 9.91. The third kappa shape index (κ3) is 1.88. The normalized spacial score (nSPS) is 24.6. The Morgan fingerprint density at radius 1 is 1.10 bits per heavy atom. The molecule has 3 aliphatic rings. The van der Waals surface area contributed by atoms with E-state index in [2.05, 4.69) is 32.1 Å². The van der Waals surface area contributed by atoms with Crippen molar-refractivity contribution in [1.82, 2.24) is 0 Å². The molecular weight excluding hydrogens is 242 g/mol. The minimum atomic E-state index is 0.332. The highest BCUT2D eigenvalue weighted by Gasteiger charge is 2.29. The number of benzene rings is 1. The van der Waals surface area contributed by atoms with Gasteiger partial charge in [-0.2, -0.15) is 0 Å². The zero-order chi connectivity index (χ0) is 13.9. The molecular formula is C19H23N. The second-order valence-electron chi connectivity index (χ2n) is 6.85. The van der Waals surface area contributed by atoms with Crippen LogP contribution in [0.3, 0.4) is 0 Å². The molecule has 3 aliphatic carbocycles. The number of hydrogen-bond acceptors (Lipinski definition) is 1. The first kappa shape index (κ1) is 12.4. The van der Waals surface area contributed by atoms with E-state index in [9.17, 15) is 0 Å². The number of fused-ring (bicyclic) bond motifs is 2. The highest BCUT2D eigenvalue weighted by atomic mass is 14.6. The summed E-state index contributed by atoms with van der Waals surface area (Å²) < 4.78 is 0. The molecule has 1 saturated carbocycles. The van der Waals surface area contributed by atoms with Crippen LogP contribution in [0, 0.1) is 12.8 Å². The Bertz CT molecular complexity index is 644. The van der Waals surface area contributed by atoms with Gasteiger partial charge in [0.1, 0.15) is 0 Å². The van der Waals surface area contributed by atoms with E-state index in [1.54, 1.807) is 5.57 Å². The topological polar surface area (TPSA) is 26.0 Å². The molecule has 4 rings (SSSR count). The molecule has 0 amide bonds. The van der Waals surface area contributed by atoms with E-state index < -0.39 is 0 Å². The summed E-state index contributed by atoms with van der Waals surface area (Å²) in [6, 6.07) is 2.76. The van der Waals surface area contributed by atoms with Gasteiger partial charge in [-0.3, -0.25) is 0 Å². The van der Waals surface area contributed by atoms with Crippen LogP contribution in [0.25, 0.3) is 6.08 Å². The minimum absolute atomic E-state index is 0.332. The molecule has 0 bridgehead atoms. The summed E-state index contributed by atoms with van der Waals surface area (Å²) in [7, 11) is 0. The van der Waals surface area contributed by atoms with E-state index in [0.717, 1.165) is 25.2 Å². The maximum Gasteiger partial charge on any atom is 0.0120 e. The fourth-order valence-corrected chi connectivity index (χ4v) is 3.96. The maximum absolute atomic E-state index is 6.16. The molecule has 1 atom stereocenters. The molecule has 0 radical (unpaired) electrons. The van der Waals surface area contributed by atoms with Crippen LogP contribution in [-0.4, -0.2) is 6.04 Å². The van der Waals surface area contributed by atoms with E-state index in [0.29, 0.717) is 6.04 Å². The van der Waals surface area contributed by atoms with Gasteiger partial charge < -0.3 is 5.73 Å². The summed E-state index contributed by atoms with van der Waals surface area (Å²) in [5.41, 5.74) is 16.8. The van der Waals surface area contributed by atoms with Crippen LogP contribution in [0.4, 0.5) is 0 Å². The standard InChI is InChI=1S/C19H23N/c1-11-3-4-14-7-15-8-16(20)9-18(15)12(2)19(14)10-17(11)13-5-6-13/h3,7,10,13,16H,4-6,8-9,20H2,1-2H3/t16-/m1/s1. The highest BCUT2D eigenvalue weighted by Crippen LogP contribution is 2.43. The minimum Gasteiger partial charge on any atom is -0.327 e. The van der Waals surface area contributed by atoms with E-state index in [1.165, 1.54) is 46.2 Å². The van der Waals surface area contributed by atoms with Gasteiger partial charge in [0.2, 0.25) is 0 Å². The van der Waals surface area contributed by atoms with Crippen molar-refractivity contribution in [2.75, 3.05) is 0 Å². The van der Waals surface area contributed by atoms with E-state index in [-0.39, 0.29) is 0 Å². The Balaban J connectivity index is 1.88. The van der Waals surface area contributed by atoms with Crippen LogP contribution in [-0.2, 0) is 19.3 Å². The average Bonchev–Trinajstić information content (AvgIpc) is 3.18. The Morgan fingerprint density at radius 2 is 1.90 bits per heavy atom. The summed E-state index contributed by atoms with van der Waals surface area (Å²) >= 11 is 0. The monoisotopic (exact) mass is 265 g/mol. The van der Waals surface area contributed by atoms with Crippen molar-refractivity contribution in [2.24, 2.45) is 11.7 Å². The molecule has 0 aromatic heterocycles. The van der Waals surface area contributed by atoms with Crippen molar-refractivity contribution < 1.29 is 0 Å². The molecule has 20 heavy (non-hydrogen) atoms. The molecule has 0 aliphatic heterocycles. The van der Waals surface area contributed by atoms with Crippen LogP contribution in [0.5, 0.6) is 0 Å². The maximum atomic E-state index is 6.16. The Kier molecular flexibility index (Phi) is 2.68. The van der Waals surface area contributed by atoms with E-state index in [1.807, 2.05) is 0 Å². The summed E-state index contributed by atoms with van der Waals surface area (Å²) in [5, 5.41) is 0. The van der Waals surface area contributed by atoms with Crippen LogP contribution >= 0.6 is 0 Å². The van der Waals surface area contributed by atoms with Crippen molar-refractivity contribution in [1.29, 1.82) is 0 Å². The molecule has 0 spiro atoms. The second kappa shape index (κ2) is 4.33. The Hall–Kier alpha value is -1.34. The summed E-state index contributed by atoms with van der Waals surface area (Å²) in [5.74, 6) is 0.826. The first-order valence-electron chi connectivity index (χ1n) is 7.92. The molecule has 0 heterocycles. The van der Waals surface area contributed by atoms with Gasteiger partial charge in [-0.25, -0.2) is 0 Å². The molecule has 104 valence electrons. The van der Waals surface area contributed by atoms with Crippen LogP contribution in [0.15, 0.2) is 23.3 Å². The Labute approximate surface area is 121 Å². The highest BCUT2D eigenvalue weighted by molar-refractivity contribution is 5.69. The van der Waals surface area contributed by atoms with Crippen molar-refractivity contribution in [3.63, 3.8) is 0 Å². The lowest BCUT2D eigenvalue weighted by Crippen LogP contribution is -2.19. The van der Waals surface area contributed by atoms with E-state index in [4.69, 9.17) is 5.73 Å².